The molecule has 0 amide bonds. The summed E-state index contributed by atoms with van der Waals surface area (Å²) in [5.74, 6) is -1.04. The molecule has 0 aliphatic heterocycles. The van der Waals surface area contributed by atoms with Crippen molar-refractivity contribution in [3.8, 4) is 0 Å². The Morgan fingerprint density at radius 3 is 2.82 bits per heavy atom. The summed E-state index contributed by atoms with van der Waals surface area (Å²) in [7, 11) is 0. The third kappa shape index (κ3) is 1.36. The van der Waals surface area contributed by atoms with Crippen LogP contribution in [0.4, 0.5) is 0 Å². The molecule has 17 heavy (non-hydrogen) atoms. The highest BCUT2D eigenvalue weighted by Gasteiger charge is 2.12. The largest absolute Gasteiger partial charge is 0.478 e. The molecule has 0 spiro atoms. The van der Waals surface area contributed by atoms with Gasteiger partial charge in [0.1, 0.15) is 0 Å². The third-order valence-corrected chi connectivity index (χ3v) is 3.64. The lowest BCUT2D eigenvalue weighted by Crippen LogP contribution is -2.08. The number of benzene rings is 1. The number of fused-ring (bicyclic) bond motifs is 3. The van der Waals surface area contributed by atoms with E-state index in [-0.39, 0.29) is 11.1 Å². The number of carboxylic acids is 1. The van der Waals surface area contributed by atoms with Crippen LogP contribution < -0.4 is 5.56 Å². The molecule has 3 aromatic rings. The lowest BCUT2D eigenvalue weighted by Gasteiger charge is -2.02. The Labute approximate surface area is 99.1 Å². The second-order valence-electron chi connectivity index (χ2n) is 3.65. The zero-order valence-corrected chi connectivity index (χ0v) is 9.38. The summed E-state index contributed by atoms with van der Waals surface area (Å²) in [6.45, 7) is 0. The Hall–Kier alpha value is -2.14. The zero-order chi connectivity index (χ0) is 12.0. The maximum Gasteiger partial charge on any atom is 0.337 e. The molecule has 0 bridgehead atoms. The van der Waals surface area contributed by atoms with E-state index >= 15 is 0 Å². The molecule has 4 nitrogen and oxygen atoms in total. The van der Waals surface area contributed by atoms with Crippen molar-refractivity contribution in [2.45, 2.75) is 0 Å². The van der Waals surface area contributed by atoms with E-state index in [2.05, 4.69) is 4.98 Å². The van der Waals surface area contributed by atoms with Gasteiger partial charge < -0.3 is 10.1 Å². The lowest BCUT2D eigenvalue weighted by molar-refractivity contribution is 0.0699. The molecule has 1 aromatic carbocycles. The van der Waals surface area contributed by atoms with Gasteiger partial charge in [-0.2, -0.15) is 0 Å². The van der Waals surface area contributed by atoms with E-state index in [1.165, 1.54) is 17.4 Å². The number of hydrogen-bond acceptors (Lipinski definition) is 3. The zero-order valence-electron chi connectivity index (χ0n) is 8.56. The SMILES string of the molecule is O=C(O)c1cccc2c1[nH]c(=O)c1ccsc12. The summed E-state index contributed by atoms with van der Waals surface area (Å²) in [4.78, 5) is 25.5. The second kappa shape index (κ2) is 3.43. The number of hydrogen-bond donors (Lipinski definition) is 2. The standard InChI is InChI=1S/C12H7NO3S/c14-11-8-4-5-17-10(8)6-2-1-3-7(12(15)16)9(6)13-11/h1-5H,(H,13,14)(H,15,16). The molecule has 2 heterocycles. The van der Waals surface area contributed by atoms with Crippen LogP contribution in [0.1, 0.15) is 10.4 Å². The monoisotopic (exact) mass is 245 g/mol. The number of aromatic nitrogens is 1. The molecule has 0 saturated heterocycles. The fourth-order valence-electron chi connectivity index (χ4n) is 1.93. The van der Waals surface area contributed by atoms with Gasteiger partial charge in [-0.15, -0.1) is 11.3 Å². The highest BCUT2D eigenvalue weighted by molar-refractivity contribution is 7.18. The predicted molar refractivity (Wildman–Crippen MR) is 66.9 cm³/mol. The van der Waals surface area contributed by atoms with Crippen molar-refractivity contribution < 1.29 is 9.90 Å². The van der Waals surface area contributed by atoms with Crippen molar-refractivity contribution in [2.24, 2.45) is 0 Å². The average molecular weight is 245 g/mol. The van der Waals surface area contributed by atoms with Gasteiger partial charge in [0.15, 0.2) is 0 Å². The Balaban J connectivity index is 2.62. The van der Waals surface area contributed by atoms with Crippen LogP contribution in [-0.4, -0.2) is 16.1 Å². The number of para-hydroxylation sites is 1. The maximum atomic E-state index is 11.8. The molecule has 3 rings (SSSR count). The summed E-state index contributed by atoms with van der Waals surface area (Å²) in [5.41, 5.74) is 0.261. The van der Waals surface area contributed by atoms with Crippen molar-refractivity contribution >= 4 is 38.3 Å². The Morgan fingerprint density at radius 2 is 2.06 bits per heavy atom. The van der Waals surface area contributed by atoms with Crippen molar-refractivity contribution in [3.63, 3.8) is 0 Å². The maximum absolute atomic E-state index is 11.8. The number of carbonyl (C=O) groups is 1. The van der Waals surface area contributed by atoms with Gasteiger partial charge >= 0.3 is 5.97 Å². The van der Waals surface area contributed by atoms with Crippen LogP contribution >= 0.6 is 11.3 Å². The first-order valence-corrected chi connectivity index (χ1v) is 5.82. The first-order chi connectivity index (χ1) is 8.18. The van der Waals surface area contributed by atoms with Crippen LogP contribution in [0.3, 0.4) is 0 Å². The molecule has 0 aliphatic carbocycles. The van der Waals surface area contributed by atoms with Crippen molar-refractivity contribution in [1.82, 2.24) is 4.98 Å². The number of H-pyrrole nitrogens is 1. The topological polar surface area (TPSA) is 70.2 Å². The number of nitrogens with one attached hydrogen (secondary N) is 1. The number of carboxylic acid groups (broad SMARTS) is 1. The number of rotatable bonds is 1. The summed E-state index contributed by atoms with van der Waals surface area (Å²) in [6, 6.07) is 6.73. The molecule has 2 aromatic heterocycles. The predicted octanol–water partition coefficient (Wildman–Crippen LogP) is 2.44. The van der Waals surface area contributed by atoms with Gasteiger partial charge in [-0.25, -0.2) is 4.79 Å². The van der Waals surface area contributed by atoms with Gasteiger partial charge in [-0.1, -0.05) is 12.1 Å². The quantitative estimate of drug-likeness (QED) is 0.691. The average Bonchev–Trinajstić information content (AvgIpc) is 2.78. The lowest BCUT2D eigenvalue weighted by atomic mass is 10.1. The van der Waals surface area contributed by atoms with Crippen molar-refractivity contribution in [2.75, 3.05) is 0 Å². The number of aromatic amines is 1. The van der Waals surface area contributed by atoms with E-state index in [0.29, 0.717) is 10.9 Å². The molecule has 0 aliphatic rings. The van der Waals surface area contributed by atoms with Crippen LogP contribution in [0.15, 0.2) is 34.4 Å². The first kappa shape index (κ1) is 10.0. The number of thiophene rings is 1. The molecule has 0 unspecified atom stereocenters. The highest BCUT2D eigenvalue weighted by Crippen LogP contribution is 2.27. The van der Waals surface area contributed by atoms with Crippen molar-refractivity contribution in [1.29, 1.82) is 0 Å². The Kier molecular flexibility index (Phi) is 2.02. The van der Waals surface area contributed by atoms with Gasteiger partial charge in [0.2, 0.25) is 0 Å². The highest BCUT2D eigenvalue weighted by atomic mass is 32.1. The Morgan fingerprint density at radius 1 is 1.24 bits per heavy atom. The van der Waals surface area contributed by atoms with Gasteiger partial charge in [0.05, 0.1) is 16.5 Å². The molecule has 0 atom stereocenters. The van der Waals surface area contributed by atoms with Crippen LogP contribution in [0, 0.1) is 0 Å². The van der Waals surface area contributed by atoms with E-state index < -0.39 is 5.97 Å². The van der Waals surface area contributed by atoms with E-state index in [1.807, 2.05) is 11.4 Å². The molecule has 2 N–H and O–H groups in total. The summed E-state index contributed by atoms with van der Waals surface area (Å²) in [5, 5.41) is 12.3. The van der Waals surface area contributed by atoms with Crippen LogP contribution in [0.2, 0.25) is 0 Å². The van der Waals surface area contributed by atoms with Crippen LogP contribution in [-0.2, 0) is 0 Å². The summed E-state index contributed by atoms with van der Waals surface area (Å²) >= 11 is 1.44. The van der Waals surface area contributed by atoms with E-state index in [0.717, 1.165) is 10.1 Å². The van der Waals surface area contributed by atoms with E-state index in [1.54, 1.807) is 12.1 Å². The fourth-order valence-corrected chi connectivity index (χ4v) is 2.86. The molecular weight excluding hydrogens is 238 g/mol. The molecule has 84 valence electrons. The second-order valence-corrected chi connectivity index (χ2v) is 4.57. The van der Waals surface area contributed by atoms with Crippen LogP contribution in [0.25, 0.3) is 21.0 Å². The minimum absolute atomic E-state index is 0.120. The normalized spacial score (nSPS) is 11.1. The fraction of sp³-hybridized carbons (Fsp3) is 0. The van der Waals surface area contributed by atoms with Gasteiger partial charge in [0.25, 0.3) is 5.56 Å². The molecular formula is C12H7NO3S. The minimum atomic E-state index is -1.04. The number of aromatic carboxylic acids is 1. The Bertz CT molecular complexity index is 800. The van der Waals surface area contributed by atoms with Gasteiger partial charge in [-0.05, 0) is 17.5 Å². The molecule has 0 radical (unpaired) electrons. The summed E-state index contributed by atoms with van der Waals surface area (Å²) in [6.07, 6.45) is 0. The third-order valence-electron chi connectivity index (χ3n) is 2.69. The minimum Gasteiger partial charge on any atom is -0.478 e. The van der Waals surface area contributed by atoms with E-state index in [9.17, 15) is 9.59 Å². The smallest absolute Gasteiger partial charge is 0.337 e. The van der Waals surface area contributed by atoms with E-state index in [4.69, 9.17) is 5.11 Å². The van der Waals surface area contributed by atoms with Gasteiger partial charge in [-0.3, -0.25) is 4.79 Å². The van der Waals surface area contributed by atoms with Crippen molar-refractivity contribution in [3.05, 3.63) is 45.6 Å². The molecule has 5 heteroatoms. The molecule has 0 fully saturated rings. The van der Waals surface area contributed by atoms with Gasteiger partial charge in [0, 0.05) is 10.1 Å². The summed E-state index contributed by atoms with van der Waals surface area (Å²) < 4.78 is 0.826. The first-order valence-electron chi connectivity index (χ1n) is 4.94. The van der Waals surface area contributed by atoms with Crippen LogP contribution in [0.5, 0.6) is 0 Å². The molecule has 0 saturated carbocycles. The number of pyridine rings is 1.